The van der Waals surface area contributed by atoms with Crippen molar-refractivity contribution >= 4 is 23.5 Å². The molecule has 0 aromatic heterocycles. The van der Waals surface area contributed by atoms with E-state index in [1.165, 1.54) is 7.11 Å². The van der Waals surface area contributed by atoms with Crippen molar-refractivity contribution < 1.29 is 29.0 Å². The molecule has 2 rings (SSSR count). The number of anilines is 1. The minimum absolute atomic E-state index is 0.0532. The van der Waals surface area contributed by atoms with Gasteiger partial charge >= 0.3 is 5.97 Å². The number of carbonyl (C=O) groups is 3. The van der Waals surface area contributed by atoms with Gasteiger partial charge in [0.1, 0.15) is 6.54 Å². The summed E-state index contributed by atoms with van der Waals surface area (Å²) in [6.45, 7) is 1.93. The molecule has 0 saturated heterocycles. The molecule has 3 N–H and O–H groups in total. The van der Waals surface area contributed by atoms with Crippen molar-refractivity contribution in [2.75, 3.05) is 25.6 Å². The molecule has 2 aromatic rings. The fourth-order valence-electron chi connectivity index (χ4n) is 2.41. The molecule has 8 nitrogen and oxygen atoms in total. The number of benzene rings is 2. The average molecular weight is 386 g/mol. The molecule has 0 radical (unpaired) electrons. The Morgan fingerprint density at radius 1 is 1.04 bits per heavy atom. The number of carboxylic acids is 1. The van der Waals surface area contributed by atoms with Crippen LogP contribution in [0.1, 0.15) is 22.8 Å². The molecule has 2 amide bonds. The molecule has 0 aliphatic heterocycles. The first kappa shape index (κ1) is 20.8. The van der Waals surface area contributed by atoms with Gasteiger partial charge in [0, 0.05) is 11.3 Å². The second-order valence-electron chi connectivity index (χ2n) is 5.80. The zero-order chi connectivity index (χ0) is 20.5. The first-order valence-corrected chi connectivity index (χ1v) is 8.62. The van der Waals surface area contributed by atoms with Crippen LogP contribution in [0.5, 0.6) is 11.5 Å². The lowest BCUT2D eigenvalue weighted by atomic mass is 10.1. The van der Waals surface area contributed by atoms with Gasteiger partial charge in [-0.15, -0.1) is 0 Å². The zero-order valence-corrected chi connectivity index (χ0v) is 15.7. The van der Waals surface area contributed by atoms with Gasteiger partial charge < -0.3 is 25.2 Å². The fraction of sp³-hybridized carbons (Fsp3) is 0.250. The summed E-state index contributed by atoms with van der Waals surface area (Å²) in [5.74, 6) is -0.768. The summed E-state index contributed by atoms with van der Waals surface area (Å²) in [6.07, 6.45) is 0.0532. The van der Waals surface area contributed by atoms with E-state index in [0.29, 0.717) is 34.9 Å². The lowest BCUT2D eigenvalue weighted by Crippen LogP contribution is -2.30. The Hall–Kier alpha value is -3.55. The maximum Gasteiger partial charge on any atom is 0.322 e. The summed E-state index contributed by atoms with van der Waals surface area (Å²) in [5.41, 5.74) is 1.67. The Bertz CT molecular complexity index is 848. The highest BCUT2D eigenvalue weighted by Gasteiger charge is 2.12. The summed E-state index contributed by atoms with van der Waals surface area (Å²) in [7, 11) is 1.50. The smallest absolute Gasteiger partial charge is 0.322 e. The highest BCUT2D eigenvalue weighted by atomic mass is 16.5. The van der Waals surface area contributed by atoms with Crippen molar-refractivity contribution in [1.29, 1.82) is 0 Å². The predicted molar refractivity (Wildman–Crippen MR) is 103 cm³/mol. The molecule has 0 bridgehead atoms. The Balaban J connectivity index is 1.99. The normalized spacial score (nSPS) is 10.1. The fourth-order valence-corrected chi connectivity index (χ4v) is 2.41. The lowest BCUT2D eigenvalue weighted by molar-refractivity contribution is -0.137. The van der Waals surface area contributed by atoms with Gasteiger partial charge in [-0.3, -0.25) is 14.4 Å². The van der Waals surface area contributed by atoms with Gasteiger partial charge in [-0.05, 0) is 42.8 Å². The van der Waals surface area contributed by atoms with E-state index < -0.39 is 12.5 Å². The topological polar surface area (TPSA) is 114 Å². The van der Waals surface area contributed by atoms with Crippen LogP contribution in [-0.2, 0) is 16.0 Å². The minimum Gasteiger partial charge on any atom is -0.493 e. The SMILES string of the molecule is CCOc1ccc(C(=O)Nc2ccc(CC(=O)NCC(=O)O)cc2)cc1OC. The summed E-state index contributed by atoms with van der Waals surface area (Å²) in [4.78, 5) is 34.5. The van der Waals surface area contributed by atoms with Gasteiger partial charge in [-0.25, -0.2) is 0 Å². The summed E-state index contributed by atoms with van der Waals surface area (Å²) < 4.78 is 10.7. The van der Waals surface area contributed by atoms with Crippen LogP contribution < -0.4 is 20.1 Å². The number of hydrogen-bond donors (Lipinski definition) is 3. The molecule has 0 unspecified atom stereocenters. The maximum absolute atomic E-state index is 12.4. The highest BCUT2D eigenvalue weighted by molar-refractivity contribution is 6.04. The van der Waals surface area contributed by atoms with Gasteiger partial charge in [0.2, 0.25) is 5.91 Å². The van der Waals surface area contributed by atoms with E-state index in [2.05, 4.69) is 10.6 Å². The number of carbonyl (C=O) groups excluding carboxylic acids is 2. The molecule has 0 fully saturated rings. The predicted octanol–water partition coefficient (Wildman–Crippen LogP) is 2.09. The van der Waals surface area contributed by atoms with E-state index in [0.717, 1.165) is 0 Å². The van der Waals surface area contributed by atoms with Gasteiger partial charge in [-0.2, -0.15) is 0 Å². The number of hydrogen-bond acceptors (Lipinski definition) is 5. The maximum atomic E-state index is 12.4. The largest absolute Gasteiger partial charge is 0.493 e. The number of nitrogens with one attached hydrogen (secondary N) is 2. The number of aliphatic carboxylic acids is 1. The Labute approximate surface area is 162 Å². The van der Waals surface area contributed by atoms with Crippen molar-refractivity contribution in [1.82, 2.24) is 5.32 Å². The molecule has 0 spiro atoms. The van der Waals surface area contributed by atoms with Crippen molar-refractivity contribution in [2.24, 2.45) is 0 Å². The third-order valence-corrected chi connectivity index (χ3v) is 3.74. The van der Waals surface area contributed by atoms with E-state index in [-0.39, 0.29) is 18.2 Å². The Morgan fingerprint density at radius 3 is 2.36 bits per heavy atom. The Kier molecular flexibility index (Phi) is 7.38. The van der Waals surface area contributed by atoms with Crippen LogP contribution in [-0.4, -0.2) is 43.2 Å². The molecular weight excluding hydrogens is 364 g/mol. The van der Waals surface area contributed by atoms with E-state index >= 15 is 0 Å². The first-order chi connectivity index (χ1) is 13.4. The minimum atomic E-state index is -1.10. The molecule has 0 aliphatic carbocycles. The van der Waals surface area contributed by atoms with Crippen LogP contribution in [0.2, 0.25) is 0 Å². The Morgan fingerprint density at radius 2 is 1.75 bits per heavy atom. The summed E-state index contributed by atoms with van der Waals surface area (Å²) in [6, 6.07) is 11.6. The van der Waals surface area contributed by atoms with Crippen molar-refractivity contribution in [3.8, 4) is 11.5 Å². The monoisotopic (exact) mass is 386 g/mol. The molecule has 0 atom stereocenters. The summed E-state index contributed by atoms with van der Waals surface area (Å²) in [5, 5.41) is 13.6. The molecular formula is C20H22N2O6. The van der Waals surface area contributed by atoms with Gasteiger partial charge in [0.15, 0.2) is 11.5 Å². The number of methoxy groups -OCH3 is 1. The zero-order valence-electron chi connectivity index (χ0n) is 15.7. The third kappa shape index (κ3) is 6.01. The second kappa shape index (κ2) is 9.96. The number of rotatable bonds is 9. The average Bonchev–Trinajstić information content (AvgIpc) is 2.68. The van der Waals surface area contributed by atoms with Crippen LogP contribution in [0.15, 0.2) is 42.5 Å². The molecule has 28 heavy (non-hydrogen) atoms. The number of ether oxygens (including phenoxy) is 2. The van der Waals surface area contributed by atoms with E-state index in [9.17, 15) is 14.4 Å². The van der Waals surface area contributed by atoms with Crippen molar-refractivity contribution in [3.63, 3.8) is 0 Å². The van der Waals surface area contributed by atoms with Crippen molar-refractivity contribution in [2.45, 2.75) is 13.3 Å². The van der Waals surface area contributed by atoms with Gasteiger partial charge in [0.05, 0.1) is 20.1 Å². The molecule has 148 valence electrons. The quantitative estimate of drug-likeness (QED) is 0.608. The lowest BCUT2D eigenvalue weighted by Gasteiger charge is -2.11. The molecule has 8 heteroatoms. The van der Waals surface area contributed by atoms with Crippen LogP contribution in [0, 0.1) is 0 Å². The second-order valence-corrected chi connectivity index (χ2v) is 5.80. The van der Waals surface area contributed by atoms with Crippen LogP contribution in [0.3, 0.4) is 0 Å². The summed E-state index contributed by atoms with van der Waals surface area (Å²) >= 11 is 0. The van der Waals surface area contributed by atoms with E-state index in [1.54, 1.807) is 42.5 Å². The number of amides is 2. The molecule has 2 aromatic carbocycles. The van der Waals surface area contributed by atoms with Crippen LogP contribution >= 0.6 is 0 Å². The van der Waals surface area contributed by atoms with Crippen LogP contribution in [0.4, 0.5) is 5.69 Å². The highest BCUT2D eigenvalue weighted by Crippen LogP contribution is 2.28. The van der Waals surface area contributed by atoms with E-state index in [4.69, 9.17) is 14.6 Å². The first-order valence-electron chi connectivity index (χ1n) is 8.62. The van der Waals surface area contributed by atoms with E-state index in [1.807, 2.05) is 6.92 Å². The third-order valence-electron chi connectivity index (χ3n) is 3.74. The van der Waals surface area contributed by atoms with Gasteiger partial charge in [0.25, 0.3) is 5.91 Å². The molecule has 0 heterocycles. The standard InChI is InChI=1S/C20H22N2O6/c1-3-28-16-9-6-14(11-17(16)27-2)20(26)22-15-7-4-13(5-8-15)10-18(23)21-12-19(24)25/h4-9,11H,3,10,12H2,1-2H3,(H,21,23)(H,22,26)(H,24,25). The van der Waals surface area contributed by atoms with Crippen LogP contribution in [0.25, 0.3) is 0 Å². The van der Waals surface area contributed by atoms with Gasteiger partial charge in [-0.1, -0.05) is 12.1 Å². The molecule has 0 saturated carbocycles. The number of carboxylic acid groups (broad SMARTS) is 1. The molecule has 0 aliphatic rings. The van der Waals surface area contributed by atoms with Crippen molar-refractivity contribution in [3.05, 3.63) is 53.6 Å².